The van der Waals surface area contributed by atoms with Crippen molar-refractivity contribution in [1.29, 1.82) is 0 Å². The van der Waals surface area contributed by atoms with Gasteiger partial charge in [0.15, 0.2) is 0 Å². The van der Waals surface area contributed by atoms with Crippen molar-refractivity contribution >= 4 is 5.97 Å². The molecule has 1 N–H and O–H groups in total. The molecular weight excluding hydrogens is 173 g/mol. The van der Waals surface area contributed by atoms with Gasteiger partial charge in [-0.05, 0) is 19.4 Å². The zero-order valence-electron chi connectivity index (χ0n) is 7.45. The predicted molar refractivity (Wildman–Crippen MR) is 47.3 cm³/mol. The third kappa shape index (κ3) is 4.03. The van der Waals surface area contributed by atoms with E-state index in [2.05, 4.69) is 0 Å². The zero-order valence-corrected chi connectivity index (χ0v) is 7.45. The van der Waals surface area contributed by atoms with Crippen molar-refractivity contribution in [2.24, 2.45) is 0 Å². The van der Waals surface area contributed by atoms with Crippen molar-refractivity contribution in [1.82, 2.24) is 4.90 Å². The highest BCUT2D eigenvalue weighted by molar-refractivity contribution is 5.79. The Balaban J connectivity index is 2.24. The Morgan fingerprint density at radius 3 is 3.08 bits per heavy atom. The molecule has 1 aliphatic rings. The molecule has 1 heterocycles. The van der Waals surface area contributed by atoms with Crippen LogP contribution in [-0.2, 0) is 4.79 Å². The SMILES string of the molecule is O=C(O)/C=C/CN1CCC[C@@H](F)C1. The number of nitrogens with zero attached hydrogens (tertiary/aromatic N) is 1. The van der Waals surface area contributed by atoms with Gasteiger partial charge in [0.1, 0.15) is 6.17 Å². The summed E-state index contributed by atoms with van der Waals surface area (Å²) in [5, 5.41) is 8.32. The van der Waals surface area contributed by atoms with E-state index in [0.717, 1.165) is 19.0 Å². The average molecular weight is 187 g/mol. The number of hydrogen-bond donors (Lipinski definition) is 1. The molecule has 4 heteroatoms. The van der Waals surface area contributed by atoms with E-state index in [4.69, 9.17) is 5.11 Å². The van der Waals surface area contributed by atoms with E-state index in [9.17, 15) is 9.18 Å². The molecule has 0 radical (unpaired) electrons. The van der Waals surface area contributed by atoms with Crippen molar-refractivity contribution in [2.45, 2.75) is 19.0 Å². The lowest BCUT2D eigenvalue weighted by molar-refractivity contribution is -0.131. The van der Waals surface area contributed by atoms with Gasteiger partial charge in [0.2, 0.25) is 0 Å². The molecule has 0 unspecified atom stereocenters. The molecule has 0 aromatic rings. The number of alkyl halides is 1. The maximum absolute atomic E-state index is 12.8. The number of likely N-dealkylation sites (tertiary alicyclic amines) is 1. The highest BCUT2D eigenvalue weighted by Gasteiger charge is 2.17. The summed E-state index contributed by atoms with van der Waals surface area (Å²) in [7, 11) is 0. The smallest absolute Gasteiger partial charge is 0.328 e. The van der Waals surface area contributed by atoms with Gasteiger partial charge in [-0.15, -0.1) is 0 Å². The highest BCUT2D eigenvalue weighted by atomic mass is 19.1. The van der Waals surface area contributed by atoms with Crippen LogP contribution in [0.4, 0.5) is 4.39 Å². The van der Waals surface area contributed by atoms with Gasteiger partial charge in [0.05, 0.1) is 0 Å². The number of carboxylic acid groups (broad SMARTS) is 1. The number of hydrogen-bond acceptors (Lipinski definition) is 2. The van der Waals surface area contributed by atoms with E-state index >= 15 is 0 Å². The van der Waals surface area contributed by atoms with E-state index in [-0.39, 0.29) is 0 Å². The van der Waals surface area contributed by atoms with Gasteiger partial charge in [-0.1, -0.05) is 6.08 Å². The number of rotatable bonds is 3. The van der Waals surface area contributed by atoms with Crippen molar-refractivity contribution in [3.63, 3.8) is 0 Å². The first-order valence-corrected chi connectivity index (χ1v) is 4.44. The topological polar surface area (TPSA) is 40.5 Å². The molecule has 3 nitrogen and oxygen atoms in total. The summed E-state index contributed by atoms with van der Waals surface area (Å²) in [6, 6.07) is 0. The third-order valence-electron chi connectivity index (χ3n) is 2.07. The van der Waals surface area contributed by atoms with Crippen LogP contribution < -0.4 is 0 Å². The van der Waals surface area contributed by atoms with E-state index < -0.39 is 12.1 Å². The minimum atomic E-state index is -0.950. The fourth-order valence-corrected chi connectivity index (χ4v) is 1.47. The molecule has 0 saturated carbocycles. The van der Waals surface area contributed by atoms with Crippen LogP contribution in [0.3, 0.4) is 0 Å². The number of halogens is 1. The quantitative estimate of drug-likeness (QED) is 0.672. The second kappa shape index (κ2) is 4.97. The van der Waals surface area contributed by atoms with Gasteiger partial charge >= 0.3 is 5.97 Å². The Morgan fingerprint density at radius 1 is 1.69 bits per heavy atom. The molecule has 0 amide bonds. The summed E-state index contributed by atoms with van der Waals surface area (Å²) >= 11 is 0. The lowest BCUT2D eigenvalue weighted by Crippen LogP contribution is -2.36. The lowest BCUT2D eigenvalue weighted by Gasteiger charge is -2.27. The number of piperidine rings is 1. The summed E-state index contributed by atoms with van der Waals surface area (Å²) in [5.41, 5.74) is 0. The first-order valence-electron chi connectivity index (χ1n) is 4.44. The van der Waals surface area contributed by atoms with Gasteiger partial charge in [0.25, 0.3) is 0 Å². The standard InChI is InChI=1S/C9H14FNO2/c10-8-3-1-5-11(7-8)6-2-4-9(12)13/h2,4,8H,1,3,5-7H2,(H,12,13)/b4-2+/t8-/m1/s1. The van der Waals surface area contributed by atoms with Gasteiger partial charge in [-0.25, -0.2) is 9.18 Å². The molecule has 1 atom stereocenters. The first-order chi connectivity index (χ1) is 6.18. The van der Waals surface area contributed by atoms with E-state index in [1.807, 2.05) is 4.90 Å². The normalized spacial score (nSPS) is 25.2. The third-order valence-corrected chi connectivity index (χ3v) is 2.07. The van der Waals surface area contributed by atoms with Crippen LogP contribution in [-0.4, -0.2) is 41.8 Å². The molecule has 0 spiro atoms. The van der Waals surface area contributed by atoms with Crippen molar-refractivity contribution in [2.75, 3.05) is 19.6 Å². The van der Waals surface area contributed by atoms with Crippen LogP contribution in [0.2, 0.25) is 0 Å². The lowest BCUT2D eigenvalue weighted by atomic mass is 10.1. The minimum Gasteiger partial charge on any atom is -0.478 e. The van der Waals surface area contributed by atoms with Crippen LogP contribution in [0.25, 0.3) is 0 Å². The maximum Gasteiger partial charge on any atom is 0.328 e. The zero-order chi connectivity index (χ0) is 9.68. The summed E-state index contributed by atoms with van der Waals surface area (Å²) in [6.07, 6.45) is 3.41. The fraction of sp³-hybridized carbons (Fsp3) is 0.667. The first kappa shape index (κ1) is 10.2. The Kier molecular flexibility index (Phi) is 3.89. The Labute approximate surface area is 76.8 Å². The molecule has 1 fully saturated rings. The molecule has 74 valence electrons. The Hall–Kier alpha value is -0.900. The van der Waals surface area contributed by atoms with Gasteiger partial charge in [-0.2, -0.15) is 0 Å². The van der Waals surface area contributed by atoms with Gasteiger partial charge in [0, 0.05) is 19.2 Å². The van der Waals surface area contributed by atoms with Crippen molar-refractivity contribution in [3.8, 4) is 0 Å². The monoisotopic (exact) mass is 187 g/mol. The molecule has 0 aromatic heterocycles. The number of aliphatic carboxylic acids is 1. The molecule has 0 bridgehead atoms. The van der Waals surface area contributed by atoms with Crippen molar-refractivity contribution in [3.05, 3.63) is 12.2 Å². The van der Waals surface area contributed by atoms with Crippen LogP contribution in [0, 0.1) is 0 Å². The number of carbonyl (C=O) groups is 1. The summed E-state index contributed by atoms with van der Waals surface area (Å²) < 4.78 is 12.8. The predicted octanol–water partition coefficient (Wildman–Crippen LogP) is 1.06. The molecule has 0 aliphatic carbocycles. The largest absolute Gasteiger partial charge is 0.478 e. The van der Waals surface area contributed by atoms with Crippen LogP contribution in [0.1, 0.15) is 12.8 Å². The van der Waals surface area contributed by atoms with E-state index in [1.165, 1.54) is 0 Å². The second-order valence-electron chi connectivity index (χ2n) is 3.24. The van der Waals surface area contributed by atoms with Crippen LogP contribution in [0.5, 0.6) is 0 Å². The fourth-order valence-electron chi connectivity index (χ4n) is 1.47. The molecular formula is C9H14FNO2. The Morgan fingerprint density at radius 2 is 2.46 bits per heavy atom. The summed E-state index contributed by atoms with van der Waals surface area (Å²) in [4.78, 5) is 12.1. The highest BCUT2D eigenvalue weighted by Crippen LogP contribution is 2.12. The maximum atomic E-state index is 12.8. The molecule has 1 rings (SSSR count). The van der Waals surface area contributed by atoms with Gasteiger partial charge < -0.3 is 5.11 Å². The molecule has 1 saturated heterocycles. The Bertz CT molecular complexity index is 206. The van der Waals surface area contributed by atoms with E-state index in [1.54, 1.807) is 6.08 Å². The average Bonchev–Trinajstić information content (AvgIpc) is 2.03. The number of carboxylic acids is 1. The molecule has 13 heavy (non-hydrogen) atoms. The molecule has 1 aliphatic heterocycles. The summed E-state index contributed by atoms with van der Waals surface area (Å²) in [6.45, 7) is 1.83. The second-order valence-corrected chi connectivity index (χ2v) is 3.24. The summed E-state index contributed by atoms with van der Waals surface area (Å²) in [5.74, 6) is -0.950. The minimum absolute atomic E-state index is 0.434. The van der Waals surface area contributed by atoms with E-state index in [0.29, 0.717) is 19.5 Å². The van der Waals surface area contributed by atoms with Gasteiger partial charge in [-0.3, -0.25) is 4.90 Å². The van der Waals surface area contributed by atoms with Crippen molar-refractivity contribution < 1.29 is 14.3 Å². The van der Waals surface area contributed by atoms with Crippen LogP contribution in [0.15, 0.2) is 12.2 Å². The molecule has 0 aromatic carbocycles. The van der Waals surface area contributed by atoms with Crippen LogP contribution >= 0.6 is 0 Å².